The van der Waals surface area contributed by atoms with Gasteiger partial charge < -0.3 is 10.2 Å². The van der Waals surface area contributed by atoms with Gasteiger partial charge in [0.05, 0.1) is 11.7 Å². The number of benzene rings is 1. The van der Waals surface area contributed by atoms with Gasteiger partial charge in [-0.1, -0.05) is 0 Å². The van der Waals surface area contributed by atoms with Crippen molar-refractivity contribution in [3.8, 4) is 0 Å². The normalized spacial score (nSPS) is 23.2. The van der Waals surface area contributed by atoms with Crippen LogP contribution in [0.4, 0.5) is 5.69 Å². The van der Waals surface area contributed by atoms with Crippen LogP contribution in [0.25, 0.3) is 0 Å². The Morgan fingerprint density at radius 3 is 2.42 bits per heavy atom. The predicted octanol–water partition coefficient (Wildman–Crippen LogP) is 3.38. The van der Waals surface area contributed by atoms with Crippen molar-refractivity contribution in [2.45, 2.75) is 38.3 Å². The zero-order valence-corrected chi connectivity index (χ0v) is 13.9. The highest BCUT2D eigenvalue weighted by Crippen LogP contribution is 2.37. The van der Waals surface area contributed by atoms with Crippen LogP contribution >= 0.6 is 31.9 Å². The van der Waals surface area contributed by atoms with E-state index in [0.717, 1.165) is 27.6 Å². The van der Waals surface area contributed by atoms with Gasteiger partial charge in [-0.25, -0.2) is 0 Å². The van der Waals surface area contributed by atoms with Crippen molar-refractivity contribution in [3.63, 3.8) is 0 Å². The van der Waals surface area contributed by atoms with Crippen LogP contribution in [0.1, 0.15) is 24.8 Å². The molecule has 3 rings (SSSR count). The van der Waals surface area contributed by atoms with Gasteiger partial charge in [-0.2, -0.15) is 0 Å². The summed E-state index contributed by atoms with van der Waals surface area (Å²) >= 11 is 7.15. The van der Waals surface area contributed by atoms with E-state index in [-0.39, 0.29) is 11.9 Å². The molecular weight excluding hydrogens is 372 g/mol. The number of aryl methyl sites for hydroxylation is 1. The second kappa shape index (κ2) is 5.19. The lowest BCUT2D eigenvalue weighted by Crippen LogP contribution is -2.39. The fourth-order valence-electron chi connectivity index (χ4n) is 2.54. The average Bonchev–Trinajstić information content (AvgIpc) is 3.07. The van der Waals surface area contributed by atoms with Crippen molar-refractivity contribution in [2.75, 3.05) is 11.4 Å². The molecule has 1 atom stereocenters. The van der Waals surface area contributed by atoms with Crippen LogP contribution in [0.2, 0.25) is 0 Å². The minimum atomic E-state index is -0.00685. The van der Waals surface area contributed by atoms with Crippen LogP contribution < -0.4 is 10.2 Å². The van der Waals surface area contributed by atoms with E-state index in [1.165, 1.54) is 18.4 Å². The summed E-state index contributed by atoms with van der Waals surface area (Å²) in [6.07, 6.45) is 3.31. The third-order valence-electron chi connectivity index (χ3n) is 3.65. The zero-order valence-electron chi connectivity index (χ0n) is 10.7. The van der Waals surface area contributed by atoms with E-state index in [9.17, 15) is 4.79 Å². The molecule has 2 aliphatic rings. The predicted molar refractivity (Wildman–Crippen MR) is 83.5 cm³/mol. The van der Waals surface area contributed by atoms with Gasteiger partial charge in [0.15, 0.2) is 0 Å². The number of hydrogen-bond acceptors (Lipinski definition) is 2. The second-order valence-electron chi connectivity index (χ2n) is 5.35. The topological polar surface area (TPSA) is 32.3 Å². The summed E-state index contributed by atoms with van der Waals surface area (Å²) < 4.78 is 1.94. The number of nitrogens with one attached hydrogen (secondary N) is 1. The van der Waals surface area contributed by atoms with Gasteiger partial charge in [0.2, 0.25) is 5.91 Å². The molecule has 5 heteroatoms. The SMILES string of the molecule is Cc1cc(Br)c(N2CCC(NC3CC3)C2=O)c(Br)c1. The van der Waals surface area contributed by atoms with Crippen LogP contribution in [0.15, 0.2) is 21.1 Å². The largest absolute Gasteiger partial charge is 0.309 e. The maximum absolute atomic E-state index is 12.5. The molecule has 0 aromatic heterocycles. The Kier molecular flexibility index (Phi) is 3.71. The molecule has 1 unspecified atom stereocenters. The minimum absolute atomic E-state index is 0.00685. The van der Waals surface area contributed by atoms with E-state index in [2.05, 4.69) is 49.3 Å². The number of hydrogen-bond donors (Lipinski definition) is 1. The standard InChI is InChI=1S/C14H16Br2N2O/c1-8-6-10(15)13(11(16)7-8)18-5-4-12(14(18)19)17-9-2-3-9/h6-7,9,12,17H,2-5H2,1H3. The molecule has 1 aromatic carbocycles. The fourth-order valence-corrected chi connectivity index (χ4v) is 4.38. The lowest BCUT2D eigenvalue weighted by atomic mass is 10.2. The summed E-state index contributed by atoms with van der Waals surface area (Å²) in [5.74, 6) is 0.192. The van der Waals surface area contributed by atoms with E-state index < -0.39 is 0 Å². The smallest absolute Gasteiger partial charge is 0.244 e. The highest BCUT2D eigenvalue weighted by atomic mass is 79.9. The van der Waals surface area contributed by atoms with Crippen LogP contribution in [-0.4, -0.2) is 24.5 Å². The van der Waals surface area contributed by atoms with Crippen LogP contribution in [0.3, 0.4) is 0 Å². The molecule has 102 valence electrons. The first kappa shape index (κ1) is 13.6. The third-order valence-corrected chi connectivity index (χ3v) is 4.86. The molecule has 1 heterocycles. The molecule has 1 saturated heterocycles. The molecule has 0 spiro atoms. The molecule has 1 aliphatic heterocycles. The van der Waals surface area contributed by atoms with E-state index in [1.54, 1.807) is 0 Å². The number of anilines is 1. The van der Waals surface area contributed by atoms with Gasteiger partial charge in [-0.15, -0.1) is 0 Å². The molecular formula is C14H16Br2N2O. The molecule has 1 amide bonds. The van der Waals surface area contributed by atoms with E-state index in [1.807, 2.05) is 11.8 Å². The first-order chi connectivity index (χ1) is 9.06. The van der Waals surface area contributed by atoms with Gasteiger partial charge in [0.25, 0.3) is 0 Å². The van der Waals surface area contributed by atoms with Gasteiger partial charge in [-0.05, 0) is 75.7 Å². The Morgan fingerprint density at radius 2 is 1.84 bits per heavy atom. The van der Waals surface area contributed by atoms with Gasteiger partial charge >= 0.3 is 0 Å². The molecule has 2 fully saturated rings. The quantitative estimate of drug-likeness (QED) is 0.862. The first-order valence-electron chi connectivity index (χ1n) is 6.59. The summed E-state index contributed by atoms with van der Waals surface area (Å²) in [7, 11) is 0. The lowest BCUT2D eigenvalue weighted by Gasteiger charge is -2.21. The van der Waals surface area contributed by atoms with Crippen molar-refractivity contribution in [2.24, 2.45) is 0 Å². The summed E-state index contributed by atoms with van der Waals surface area (Å²) in [5.41, 5.74) is 2.12. The zero-order chi connectivity index (χ0) is 13.6. The van der Waals surface area contributed by atoms with Crippen molar-refractivity contribution in [1.29, 1.82) is 0 Å². The molecule has 1 aromatic rings. The Hall–Kier alpha value is -0.390. The van der Waals surface area contributed by atoms with Gasteiger partial charge in [0, 0.05) is 21.5 Å². The number of carbonyl (C=O) groups is 1. The average molecular weight is 388 g/mol. The van der Waals surface area contributed by atoms with Crippen LogP contribution in [0.5, 0.6) is 0 Å². The molecule has 0 bridgehead atoms. The Balaban J connectivity index is 1.84. The van der Waals surface area contributed by atoms with E-state index in [0.29, 0.717) is 6.04 Å². The van der Waals surface area contributed by atoms with Crippen molar-refractivity contribution in [3.05, 3.63) is 26.6 Å². The van der Waals surface area contributed by atoms with Crippen LogP contribution in [0, 0.1) is 6.92 Å². The number of amides is 1. The third kappa shape index (κ3) is 2.73. The lowest BCUT2D eigenvalue weighted by molar-refractivity contribution is -0.118. The summed E-state index contributed by atoms with van der Waals surface area (Å²) in [6, 6.07) is 4.66. The molecule has 3 nitrogen and oxygen atoms in total. The minimum Gasteiger partial charge on any atom is -0.309 e. The molecule has 1 N–H and O–H groups in total. The Bertz CT molecular complexity index is 505. The summed E-state index contributed by atoms with van der Waals surface area (Å²) in [6.45, 7) is 2.83. The monoisotopic (exact) mass is 386 g/mol. The Morgan fingerprint density at radius 1 is 1.21 bits per heavy atom. The van der Waals surface area contributed by atoms with E-state index >= 15 is 0 Å². The number of rotatable bonds is 3. The van der Waals surface area contributed by atoms with Gasteiger partial charge in [-0.3, -0.25) is 4.79 Å². The van der Waals surface area contributed by atoms with Crippen LogP contribution in [-0.2, 0) is 4.79 Å². The maximum Gasteiger partial charge on any atom is 0.244 e. The number of halogens is 2. The molecule has 19 heavy (non-hydrogen) atoms. The Labute approximate surface area is 130 Å². The second-order valence-corrected chi connectivity index (χ2v) is 7.06. The number of nitrogens with zero attached hydrogens (tertiary/aromatic N) is 1. The molecule has 1 saturated carbocycles. The van der Waals surface area contributed by atoms with Gasteiger partial charge in [0.1, 0.15) is 0 Å². The molecule has 0 radical (unpaired) electrons. The fraction of sp³-hybridized carbons (Fsp3) is 0.500. The first-order valence-corrected chi connectivity index (χ1v) is 8.18. The van der Waals surface area contributed by atoms with Crippen molar-refractivity contribution in [1.82, 2.24) is 5.32 Å². The summed E-state index contributed by atoms with van der Waals surface area (Å²) in [4.78, 5) is 14.4. The van der Waals surface area contributed by atoms with E-state index in [4.69, 9.17) is 0 Å². The summed E-state index contributed by atoms with van der Waals surface area (Å²) in [5, 5.41) is 3.43. The maximum atomic E-state index is 12.5. The number of carbonyl (C=O) groups excluding carboxylic acids is 1. The van der Waals surface area contributed by atoms with Crippen molar-refractivity contribution < 1.29 is 4.79 Å². The highest BCUT2D eigenvalue weighted by Gasteiger charge is 2.37. The molecule has 1 aliphatic carbocycles. The highest BCUT2D eigenvalue weighted by molar-refractivity contribution is 9.11. The van der Waals surface area contributed by atoms with Crippen molar-refractivity contribution >= 4 is 43.5 Å².